The Morgan fingerprint density at radius 3 is 2.56 bits per heavy atom. The third kappa shape index (κ3) is 7.66. The van der Waals surface area contributed by atoms with Crippen LogP contribution in [0.25, 0.3) is 5.65 Å². The number of carbonyl (C=O) groups is 1. The van der Waals surface area contributed by atoms with Crippen LogP contribution in [0.1, 0.15) is 57.2 Å². The number of hydrogen-bond donors (Lipinski definition) is 2. The van der Waals surface area contributed by atoms with Gasteiger partial charge >= 0.3 is 0 Å². The number of hydrogen-bond acceptors (Lipinski definition) is 6. The van der Waals surface area contributed by atoms with Gasteiger partial charge in [-0.25, -0.2) is 18.9 Å². The molecule has 0 spiro atoms. The number of halogens is 1. The van der Waals surface area contributed by atoms with Gasteiger partial charge in [-0.1, -0.05) is 50.3 Å². The lowest BCUT2D eigenvalue weighted by Gasteiger charge is -2.20. The summed E-state index contributed by atoms with van der Waals surface area (Å²) in [6.07, 6.45) is 8.65. The van der Waals surface area contributed by atoms with Crippen LogP contribution in [0.4, 0.5) is 10.1 Å². The van der Waals surface area contributed by atoms with Gasteiger partial charge in [0.1, 0.15) is 11.6 Å². The van der Waals surface area contributed by atoms with Crippen molar-refractivity contribution in [1.82, 2.24) is 19.9 Å². The van der Waals surface area contributed by atoms with Gasteiger partial charge in [0.2, 0.25) is 5.88 Å². The fraction of sp³-hybridized carbons (Fsp3) is 0.353. The first-order valence-corrected chi connectivity index (χ1v) is 14.9. The summed E-state index contributed by atoms with van der Waals surface area (Å²) in [6, 6.07) is 18.3. The normalized spacial score (nSPS) is 15.4. The Balaban J connectivity index is 0.000000548. The molecule has 2 heterocycles. The molecule has 2 saturated carbocycles. The fourth-order valence-corrected chi connectivity index (χ4v) is 4.84. The molecule has 224 valence electrons. The van der Waals surface area contributed by atoms with E-state index in [0.29, 0.717) is 23.2 Å². The van der Waals surface area contributed by atoms with Crippen molar-refractivity contribution < 1.29 is 13.9 Å². The molecule has 0 atom stereocenters. The summed E-state index contributed by atoms with van der Waals surface area (Å²) in [5.41, 5.74) is 10.2. The van der Waals surface area contributed by atoms with E-state index in [2.05, 4.69) is 46.0 Å². The first kappa shape index (κ1) is 29.9. The van der Waals surface area contributed by atoms with Gasteiger partial charge in [-0.15, -0.1) is 5.10 Å². The average Bonchev–Trinajstić information content (AvgIpc) is 3.92. The molecule has 2 aromatic carbocycles. The quantitative estimate of drug-likeness (QED) is 0.142. The number of rotatable bonds is 12. The molecule has 0 amide bonds. The van der Waals surface area contributed by atoms with Crippen molar-refractivity contribution in [3.8, 4) is 11.6 Å². The van der Waals surface area contributed by atoms with Crippen LogP contribution < -0.4 is 15.8 Å². The van der Waals surface area contributed by atoms with Crippen LogP contribution in [0.2, 0.25) is 0 Å². The van der Waals surface area contributed by atoms with Crippen LogP contribution in [-0.2, 0) is 17.6 Å². The molecule has 0 saturated heterocycles. The van der Waals surface area contributed by atoms with E-state index in [1.807, 2.05) is 24.4 Å². The molecule has 2 aliphatic rings. The topological polar surface area (TPSA) is 107 Å². The van der Waals surface area contributed by atoms with Crippen LogP contribution in [0.3, 0.4) is 0 Å². The Bertz CT molecular complexity index is 1620. The number of fused-ring (bicyclic) bond motifs is 1. The van der Waals surface area contributed by atoms with Gasteiger partial charge in [-0.05, 0) is 69.2 Å². The van der Waals surface area contributed by atoms with E-state index in [-0.39, 0.29) is 17.0 Å². The third-order valence-electron chi connectivity index (χ3n) is 7.80. The summed E-state index contributed by atoms with van der Waals surface area (Å²) >= 11 is 0. The molecule has 8 nitrogen and oxygen atoms in total. The van der Waals surface area contributed by atoms with Gasteiger partial charge in [0.05, 0.1) is 23.0 Å². The molecular formula is C34H39FN6O2. The Hall–Kier alpha value is -4.53. The lowest BCUT2D eigenvalue weighted by atomic mass is 10.0. The Morgan fingerprint density at radius 1 is 1.16 bits per heavy atom. The number of aliphatic imine (C=N–C) groups is 1. The molecule has 6 rings (SSSR count). The van der Waals surface area contributed by atoms with E-state index >= 15 is 0 Å². The Labute approximate surface area is 251 Å². The van der Waals surface area contributed by atoms with Crippen LogP contribution in [0, 0.1) is 17.2 Å². The Kier molecular flexibility index (Phi) is 9.19. The number of nitrogens with two attached hydrogens (primary N) is 1. The molecular weight excluding hydrogens is 543 g/mol. The van der Waals surface area contributed by atoms with E-state index in [0.717, 1.165) is 68.5 Å². The van der Waals surface area contributed by atoms with Crippen LogP contribution in [0.15, 0.2) is 84.1 Å². The number of ketones is 1. The number of aromatic nitrogens is 3. The maximum absolute atomic E-state index is 14.9. The third-order valence-corrected chi connectivity index (χ3v) is 7.80. The van der Waals surface area contributed by atoms with Gasteiger partial charge < -0.3 is 15.8 Å². The highest BCUT2D eigenvalue weighted by molar-refractivity contribution is 5.93. The number of imidazole rings is 1. The summed E-state index contributed by atoms with van der Waals surface area (Å²) in [5.74, 6) is 1.06. The largest absolute Gasteiger partial charge is 0.434 e. The second-order valence-electron chi connectivity index (χ2n) is 11.3. The van der Waals surface area contributed by atoms with E-state index in [1.54, 1.807) is 29.6 Å². The zero-order valence-electron chi connectivity index (χ0n) is 24.9. The minimum absolute atomic E-state index is 0.0615. The molecule has 43 heavy (non-hydrogen) atoms. The maximum Gasteiger partial charge on any atom is 0.237 e. The summed E-state index contributed by atoms with van der Waals surface area (Å²) in [7, 11) is 0. The second-order valence-corrected chi connectivity index (χ2v) is 11.3. The minimum Gasteiger partial charge on any atom is -0.434 e. The lowest BCUT2D eigenvalue weighted by Crippen LogP contribution is -2.33. The highest BCUT2D eigenvalue weighted by Crippen LogP contribution is 2.51. The molecule has 0 aliphatic heterocycles. The maximum atomic E-state index is 14.9. The fourth-order valence-electron chi connectivity index (χ4n) is 4.84. The highest BCUT2D eigenvalue weighted by Gasteiger charge is 2.49. The van der Waals surface area contributed by atoms with Gasteiger partial charge in [0.15, 0.2) is 17.2 Å². The number of aryl methyl sites for hydroxylation is 1. The van der Waals surface area contributed by atoms with Crippen LogP contribution in [0.5, 0.6) is 11.6 Å². The number of nitrogens with one attached hydrogen (secondary N) is 1. The van der Waals surface area contributed by atoms with Crippen LogP contribution in [-0.4, -0.2) is 32.8 Å². The van der Waals surface area contributed by atoms with Gasteiger partial charge in [-0.3, -0.25) is 4.79 Å². The lowest BCUT2D eigenvalue weighted by molar-refractivity contribution is -0.118. The minimum atomic E-state index is -0.544. The molecule has 0 radical (unpaired) electrons. The summed E-state index contributed by atoms with van der Waals surface area (Å²) in [5, 5.41) is 7.80. The zero-order chi connectivity index (χ0) is 30.4. The van der Waals surface area contributed by atoms with E-state index in [9.17, 15) is 9.18 Å². The summed E-state index contributed by atoms with van der Waals surface area (Å²) in [4.78, 5) is 19.2. The number of Topliss-reactive ketones (excluding diaryl/α,β-unsaturated/α-hetero) is 1. The van der Waals surface area contributed by atoms with Gasteiger partial charge in [0, 0.05) is 30.3 Å². The monoisotopic (exact) mass is 582 g/mol. The van der Waals surface area contributed by atoms with Gasteiger partial charge in [-0.2, -0.15) is 0 Å². The predicted octanol–water partition coefficient (Wildman–Crippen LogP) is 6.71. The number of benzene rings is 2. The van der Waals surface area contributed by atoms with Crippen molar-refractivity contribution in [2.24, 2.45) is 22.1 Å². The van der Waals surface area contributed by atoms with Crippen molar-refractivity contribution in [2.75, 3.05) is 6.54 Å². The molecule has 4 aromatic rings. The number of ether oxygens (including phenoxy) is 1. The molecule has 2 fully saturated rings. The van der Waals surface area contributed by atoms with E-state index in [1.165, 1.54) is 17.7 Å². The first-order chi connectivity index (χ1) is 20.8. The van der Waals surface area contributed by atoms with E-state index in [4.69, 9.17) is 10.5 Å². The first-order valence-electron chi connectivity index (χ1n) is 14.9. The molecule has 2 aliphatic carbocycles. The number of carbonyl (C=O) groups excluding carboxylic acids is 1. The molecule has 0 unspecified atom stereocenters. The predicted molar refractivity (Wildman–Crippen MR) is 167 cm³/mol. The molecule has 2 aromatic heterocycles. The molecule has 3 N–H and O–H groups in total. The summed E-state index contributed by atoms with van der Waals surface area (Å²) in [6.45, 7) is 8.74. The standard InChI is InChI=1S/C29H31FN6O.C5H8O/c1-3-7-23-19-36-26(33-23)12-13-27(35-36)37-25-11-10-22(18-24(25)30)34-28(31)29(15-16-29)20(2)32-17-14-21-8-5-4-6-9-21;1-4(6)5-2-3-5/h4-6,8-13,18-19,32H,2-3,7,14-17H2,1H3,(H2,31,34);5H,2-3H2,1H3. The van der Waals surface area contributed by atoms with Crippen molar-refractivity contribution in [3.63, 3.8) is 0 Å². The number of nitrogens with zero attached hydrogens (tertiary/aromatic N) is 4. The zero-order valence-corrected chi connectivity index (χ0v) is 24.9. The summed E-state index contributed by atoms with van der Waals surface area (Å²) < 4.78 is 22.2. The van der Waals surface area contributed by atoms with Crippen LogP contribution >= 0.6 is 0 Å². The average molecular weight is 583 g/mol. The second kappa shape index (κ2) is 13.2. The van der Waals surface area contributed by atoms with Crippen molar-refractivity contribution in [2.45, 2.75) is 58.8 Å². The van der Waals surface area contributed by atoms with Crippen molar-refractivity contribution >= 4 is 23.0 Å². The molecule has 0 bridgehead atoms. The molecule has 9 heteroatoms. The Morgan fingerprint density at radius 2 is 1.93 bits per heavy atom. The van der Waals surface area contributed by atoms with Crippen molar-refractivity contribution in [1.29, 1.82) is 0 Å². The highest BCUT2D eigenvalue weighted by atomic mass is 19.1. The van der Waals surface area contributed by atoms with Crippen molar-refractivity contribution in [3.05, 3.63) is 96.2 Å². The van der Waals surface area contributed by atoms with E-state index < -0.39 is 5.82 Å². The van der Waals surface area contributed by atoms with Gasteiger partial charge in [0.25, 0.3) is 0 Å². The smallest absolute Gasteiger partial charge is 0.237 e. The number of amidine groups is 1. The SMILES string of the molecule is C=C(NCCc1ccccc1)C1(C(N)=Nc2ccc(Oc3ccc4nc(CCC)cn4n3)c(F)c2)CC1.CC(=O)C1CC1.